The number of piperidine rings is 1. The van der Waals surface area contributed by atoms with E-state index < -0.39 is 0 Å². The molecule has 0 spiro atoms. The highest BCUT2D eigenvalue weighted by Gasteiger charge is 2.33. The number of aliphatic imine (C=N–C) groups is 1. The summed E-state index contributed by atoms with van der Waals surface area (Å²) in [5.74, 6) is 1.80. The highest BCUT2D eigenvalue weighted by atomic mass is 127. The first-order valence-electron chi connectivity index (χ1n) is 7.50. The molecule has 0 bridgehead atoms. The van der Waals surface area contributed by atoms with E-state index in [2.05, 4.69) is 34.0 Å². The first-order chi connectivity index (χ1) is 9.65. The van der Waals surface area contributed by atoms with Gasteiger partial charge in [0.05, 0.1) is 30.0 Å². The van der Waals surface area contributed by atoms with Crippen molar-refractivity contribution < 1.29 is 0 Å². The van der Waals surface area contributed by atoms with Crippen LogP contribution in [0.5, 0.6) is 0 Å². The molecule has 6 heteroatoms. The monoisotopic (exact) mass is 401 g/mol. The molecule has 2 aliphatic rings. The molecule has 0 amide bonds. The van der Waals surface area contributed by atoms with Crippen molar-refractivity contribution >= 4 is 29.9 Å². The summed E-state index contributed by atoms with van der Waals surface area (Å²) in [7, 11) is 0. The van der Waals surface area contributed by atoms with Crippen LogP contribution in [0.3, 0.4) is 0 Å². The van der Waals surface area contributed by atoms with E-state index in [9.17, 15) is 0 Å². The summed E-state index contributed by atoms with van der Waals surface area (Å²) in [6, 6.07) is 0.738. The van der Waals surface area contributed by atoms with E-state index in [-0.39, 0.29) is 30.0 Å². The van der Waals surface area contributed by atoms with Gasteiger partial charge in [-0.3, -0.25) is 15.0 Å². The van der Waals surface area contributed by atoms with Crippen LogP contribution in [0.25, 0.3) is 0 Å². The molecule has 3 heterocycles. The number of nitrogens with zero attached hydrogens (tertiary/aromatic N) is 4. The fourth-order valence-electron chi connectivity index (χ4n) is 3.17. The zero-order valence-corrected chi connectivity index (χ0v) is 15.2. The molecular weight excluding hydrogens is 377 g/mol. The Labute approximate surface area is 143 Å². The van der Waals surface area contributed by atoms with Crippen LogP contribution >= 0.6 is 24.0 Å². The van der Waals surface area contributed by atoms with Crippen LogP contribution in [0.1, 0.15) is 44.1 Å². The van der Waals surface area contributed by atoms with Crippen molar-refractivity contribution in [2.24, 2.45) is 10.9 Å². The fraction of sp³-hybridized carbons (Fsp3) is 0.667. The molecule has 1 saturated heterocycles. The largest absolute Gasteiger partial charge is 0.348 e. The maximum atomic E-state index is 4.69. The number of halogens is 1. The van der Waals surface area contributed by atoms with E-state index in [1.165, 1.54) is 12.8 Å². The number of nitrogens with one attached hydrogen (secondary N) is 1. The molecule has 3 unspecified atom stereocenters. The molecule has 21 heavy (non-hydrogen) atoms. The van der Waals surface area contributed by atoms with Gasteiger partial charge in [-0.05, 0) is 32.6 Å². The van der Waals surface area contributed by atoms with Crippen LogP contribution in [0.2, 0.25) is 0 Å². The lowest BCUT2D eigenvalue weighted by atomic mass is 9.95. The second-order valence-electron chi connectivity index (χ2n) is 6.05. The maximum absolute atomic E-state index is 4.69. The van der Waals surface area contributed by atoms with Gasteiger partial charge in [0.15, 0.2) is 5.96 Å². The number of aromatic nitrogens is 2. The van der Waals surface area contributed by atoms with Crippen LogP contribution in [0.15, 0.2) is 17.4 Å². The van der Waals surface area contributed by atoms with E-state index >= 15 is 0 Å². The van der Waals surface area contributed by atoms with Crippen LogP contribution in [-0.2, 0) is 0 Å². The minimum absolute atomic E-state index is 0. The molecule has 1 fully saturated rings. The predicted molar refractivity (Wildman–Crippen MR) is 94.9 cm³/mol. The zero-order valence-electron chi connectivity index (χ0n) is 12.9. The zero-order chi connectivity index (χ0) is 14.1. The normalized spacial score (nSPS) is 25.7. The summed E-state index contributed by atoms with van der Waals surface area (Å²) in [5.41, 5.74) is 1.98. The Bertz CT molecular complexity index is 519. The second-order valence-corrected chi connectivity index (χ2v) is 6.05. The van der Waals surface area contributed by atoms with Gasteiger partial charge in [0.2, 0.25) is 0 Å². The van der Waals surface area contributed by atoms with Crippen molar-refractivity contribution in [3.05, 3.63) is 23.8 Å². The van der Waals surface area contributed by atoms with Crippen LogP contribution in [0.4, 0.5) is 0 Å². The van der Waals surface area contributed by atoms with Crippen molar-refractivity contribution in [2.75, 3.05) is 13.1 Å². The number of aryl methyl sites for hydroxylation is 1. The predicted octanol–water partition coefficient (Wildman–Crippen LogP) is 2.52. The SMILES string of the molecule is Cc1nccnc1C(C)NC1=NCC2CCC(C)CN12.I. The molecule has 0 saturated carbocycles. The van der Waals surface area contributed by atoms with E-state index in [0.29, 0.717) is 6.04 Å². The maximum Gasteiger partial charge on any atom is 0.194 e. The van der Waals surface area contributed by atoms with Crippen molar-refractivity contribution in [1.29, 1.82) is 0 Å². The minimum atomic E-state index is 0. The first-order valence-corrected chi connectivity index (χ1v) is 7.50. The summed E-state index contributed by atoms with van der Waals surface area (Å²) >= 11 is 0. The second kappa shape index (κ2) is 6.89. The van der Waals surface area contributed by atoms with Gasteiger partial charge in [-0.15, -0.1) is 24.0 Å². The Morgan fingerprint density at radius 2 is 2.05 bits per heavy atom. The Hall–Kier alpha value is -0.920. The molecule has 0 radical (unpaired) electrons. The molecule has 5 nitrogen and oxygen atoms in total. The third-order valence-electron chi connectivity index (χ3n) is 4.34. The van der Waals surface area contributed by atoms with Crippen LogP contribution in [-0.4, -0.2) is 40.0 Å². The van der Waals surface area contributed by atoms with E-state index in [1.807, 2.05) is 6.92 Å². The lowest BCUT2D eigenvalue weighted by Gasteiger charge is -2.36. The molecule has 2 aliphatic heterocycles. The highest BCUT2D eigenvalue weighted by Crippen LogP contribution is 2.26. The van der Waals surface area contributed by atoms with Crippen molar-refractivity contribution in [3.63, 3.8) is 0 Å². The third-order valence-corrected chi connectivity index (χ3v) is 4.34. The topological polar surface area (TPSA) is 53.4 Å². The number of hydrogen-bond donors (Lipinski definition) is 1. The first kappa shape index (κ1) is 16.5. The molecule has 1 aromatic heterocycles. The highest BCUT2D eigenvalue weighted by molar-refractivity contribution is 14.0. The third kappa shape index (κ3) is 3.46. The Balaban J connectivity index is 0.00000161. The van der Waals surface area contributed by atoms with Gasteiger partial charge in [-0.25, -0.2) is 0 Å². The summed E-state index contributed by atoms with van der Waals surface area (Å²) in [6.07, 6.45) is 6.07. The standard InChI is InChI=1S/C15H23N5.HI/c1-10-4-5-13-8-18-15(20(13)9-10)19-12(3)14-11(2)16-6-7-17-14;/h6-7,10,12-13H,4-5,8-9H2,1-3H3,(H,18,19);1H. The molecule has 0 aliphatic carbocycles. The summed E-state index contributed by atoms with van der Waals surface area (Å²) < 4.78 is 0. The average Bonchev–Trinajstić information content (AvgIpc) is 2.82. The quantitative estimate of drug-likeness (QED) is 0.774. The molecule has 0 aromatic carbocycles. The van der Waals surface area contributed by atoms with Crippen LogP contribution in [0, 0.1) is 12.8 Å². The van der Waals surface area contributed by atoms with E-state index in [1.54, 1.807) is 12.4 Å². The van der Waals surface area contributed by atoms with Gasteiger partial charge >= 0.3 is 0 Å². The smallest absolute Gasteiger partial charge is 0.194 e. The molecule has 3 atom stereocenters. The lowest BCUT2D eigenvalue weighted by Crippen LogP contribution is -2.48. The van der Waals surface area contributed by atoms with E-state index in [0.717, 1.165) is 36.4 Å². The van der Waals surface area contributed by atoms with Gasteiger partial charge in [-0.1, -0.05) is 6.92 Å². The Kier molecular flexibility index (Phi) is 5.40. The van der Waals surface area contributed by atoms with Crippen molar-refractivity contribution in [1.82, 2.24) is 20.2 Å². The van der Waals surface area contributed by atoms with E-state index in [4.69, 9.17) is 4.99 Å². The molecular formula is C15H24IN5. The van der Waals surface area contributed by atoms with Gasteiger partial charge in [0.1, 0.15) is 0 Å². The van der Waals surface area contributed by atoms with Crippen molar-refractivity contribution in [3.8, 4) is 0 Å². The average molecular weight is 401 g/mol. The van der Waals surface area contributed by atoms with Gasteiger partial charge < -0.3 is 10.2 Å². The van der Waals surface area contributed by atoms with Gasteiger partial charge in [-0.2, -0.15) is 0 Å². The van der Waals surface area contributed by atoms with Gasteiger partial charge in [0.25, 0.3) is 0 Å². The Morgan fingerprint density at radius 1 is 1.29 bits per heavy atom. The van der Waals surface area contributed by atoms with Crippen molar-refractivity contribution in [2.45, 2.75) is 45.7 Å². The van der Waals surface area contributed by atoms with Crippen LogP contribution < -0.4 is 5.32 Å². The fourth-order valence-corrected chi connectivity index (χ4v) is 3.17. The number of hydrogen-bond acceptors (Lipinski definition) is 5. The number of rotatable bonds is 2. The van der Waals surface area contributed by atoms with Gasteiger partial charge in [0, 0.05) is 18.9 Å². The minimum Gasteiger partial charge on any atom is -0.348 e. The lowest BCUT2D eigenvalue weighted by molar-refractivity contribution is 0.210. The number of fused-ring (bicyclic) bond motifs is 1. The molecule has 1 N–H and O–H groups in total. The Morgan fingerprint density at radius 3 is 2.81 bits per heavy atom. The summed E-state index contributed by atoms with van der Waals surface area (Å²) in [6.45, 7) is 8.50. The molecule has 116 valence electrons. The summed E-state index contributed by atoms with van der Waals surface area (Å²) in [4.78, 5) is 15.9. The number of guanidine groups is 1. The molecule has 1 aromatic rings. The molecule has 3 rings (SSSR count). The summed E-state index contributed by atoms with van der Waals surface area (Å²) in [5, 5.41) is 3.53.